The second-order valence-electron chi connectivity index (χ2n) is 3.16. The monoisotopic (exact) mass is 261 g/mol. The topological polar surface area (TPSA) is 38.3 Å². The van der Waals surface area contributed by atoms with Gasteiger partial charge < -0.3 is 10.1 Å². The van der Waals surface area contributed by atoms with E-state index in [9.17, 15) is 18.0 Å². The molecule has 0 heterocycles. The van der Waals surface area contributed by atoms with E-state index in [1.54, 1.807) is 0 Å². The van der Waals surface area contributed by atoms with Gasteiger partial charge in [-0.1, -0.05) is 0 Å². The summed E-state index contributed by atoms with van der Waals surface area (Å²) in [5, 5.41) is 2.45. The van der Waals surface area contributed by atoms with Crippen molar-refractivity contribution in [3.63, 3.8) is 0 Å². The Balaban J connectivity index is 3.28. The third-order valence-corrected chi connectivity index (χ3v) is 1.89. The molecule has 0 aliphatic heterocycles. The second-order valence-corrected chi connectivity index (χ2v) is 3.54. The molecule has 0 aliphatic rings. The summed E-state index contributed by atoms with van der Waals surface area (Å²) in [5.41, 5.74) is 0. The molecule has 0 spiro atoms. The summed E-state index contributed by atoms with van der Waals surface area (Å²) in [5.74, 6) is 0.308. The zero-order chi connectivity index (χ0) is 12.4. The van der Waals surface area contributed by atoms with Gasteiger partial charge in [-0.05, 0) is 12.8 Å². The Hall–Kier alpha value is -0.490. The van der Waals surface area contributed by atoms with E-state index in [2.05, 4.69) is 10.1 Å². The van der Waals surface area contributed by atoms with E-state index < -0.39 is 12.8 Å². The van der Waals surface area contributed by atoms with Gasteiger partial charge in [0.2, 0.25) is 5.91 Å². The molecule has 0 aromatic heterocycles. The molecule has 0 atom stereocenters. The summed E-state index contributed by atoms with van der Waals surface area (Å²) in [4.78, 5) is 11.0. The Morgan fingerprint density at radius 3 is 2.56 bits per heavy atom. The summed E-state index contributed by atoms with van der Waals surface area (Å²) >= 11 is 5.42. The Kier molecular flexibility index (Phi) is 8.37. The summed E-state index contributed by atoms with van der Waals surface area (Å²) in [6, 6.07) is 0. The number of alkyl halides is 4. The lowest BCUT2D eigenvalue weighted by Crippen LogP contribution is -2.28. The highest BCUT2D eigenvalue weighted by Crippen LogP contribution is 2.13. The molecule has 0 aromatic rings. The lowest BCUT2D eigenvalue weighted by Gasteiger charge is -2.08. The first-order chi connectivity index (χ1) is 7.45. The van der Waals surface area contributed by atoms with Gasteiger partial charge in [0.1, 0.15) is 6.61 Å². The van der Waals surface area contributed by atoms with Crippen LogP contribution < -0.4 is 5.32 Å². The highest BCUT2D eigenvalue weighted by molar-refractivity contribution is 6.17. The Morgan fingerprint density at radius 2 is 2.00 bits per heavy atom. The third kappa shape index (κ3) is 11.6. The van der Waals surface area contributed by atoms with Crippen LogP contribution in [0, 0.1) is 0 Å². The van der Waals surface area contributed by atoms with Crippen LogP contribution >= 0.6 is 11.6 Å². The smallest absolute Gasteiger partial charge is 0.370 e. The van der Waals surface area contributed by atoms with E-state index >= 15 is 0 Å². The number of halogens is 4. The van der Waals surface area contributed by atoms with Gasteiger partial charge in [-0.25, -0.2) is 0 Å². The van der Waals surface area contributed by atoms with Crippen molar-refractivity contribution >= 4 is 17.5 Å². The molecule has 3 nitrogen and oxygen atoms in total. The van der Waals surface area contributed by atoms with Crippen molar-refractivity contribution in [2.24, 2.45) is 0 Å². The Bertz CT molecular complexity index is 200. The van der Waals surface area contributed by atoms with Crippen molar-refractivity contribution in [2.45, 2.75) is 25.4 Å². The van der Waals surface area contributed by atoms with E-state index in [-0.39, 0.29) is 19.1 Å². The summed E-state index contributed by atoms with van der Waals surface area (Å²) in [6.07, 6.45) is -2.55. The van der Waals surface area contributed by atoms with Crippen molar-refractivity contribution in [1.82, 2.24) is 5.32 Å². The molecular weight excluding hydrogens is 247 g/mol. The maximum absolute atomic E-state index is 11.6. The normalized spacial score (nSPS) is 11.5. The van der Waals surface area contributed by atoms with Crippen molar-refractivity contribution < 1.29 is 22.7 Å². The molecule has 1 amide bonds. The number of carbonyl (C=O) groups is 1. The maximum Gasteiger partial charge on any atom is 0.411 e. The van der Waals surface area contributed by atoms with Crippen molar-refractivity contribution in [3.05, 3.63) is 0 Å². The van der Waals surface area contributed by atoms with Crippen LogP contribution in [-0.4, -0.2) is 37.7 Å². The lowest BCUT2D eigenvalue weighted by molar-refractivity contribution is -0.173. The van der Waals surface area contributed by atoms with Crippen LogP contribution in [0.2, 0.25) is 0 Å². The molecule has 0 aliphatic carbocycles. The predicted molar refractivity (Wildman–Crippen MR) is 54.5 cm³/mol. The van der Waals surface area contributed by atoms with Gasteiger partial charge in [0.25, 0.3) is 0 Å². The summed E-state index contributed by atoms with van der Waals surface area (Å²) < 4.78 is 39.2. The highest BCUT2D eigenvalue weighted by atomic mass is 35.5. The zero-order valence-electron chi connectivity index (χ0n) is 8.78. The van der Waals surface area contributed by atoms with Gasteiger partial charge in [0.15, 0.2) is 0 Å². The van der Waals surface area contributed by atoms with E-state index in [0.717, 1.165) is 6.42 Å². The van der Waals surface area contributed by atoms with Crippen molar-refractivity contribution in [3.8, 4) is 0 Å². The van der Waals surface area contributed by atoms with Gasteiger partial charge >= 0.3 is 6.18 Å². The second kappa shape index (κ2) is 8.64. The van der Waals surface area contributed by atoms with E-state index in [0.29, 0.717) is 18.7 Å². The van der Waals surface area contributed by atoms with E-state index in [4.69, 9.17) is 11.6 Å². The fourth-order valence-electron chi connectivity index (χ4n) is 0.919. The average Bonchev–Trinajstić information content (AvgIpc) is 2.16. The Morgan fingerprint density at radius 1 is 1.31 bits per heavy atom. The Labute approximate surface area is 97.3 Å². The number of carbonyl (C=O) groups excluding carboxylic acids is 1. The van der Waals surface area contributed by atoms with Crippen LogP contribution in [0.15, 0.2) is 0 Å². The zero-order valence-corrected chi connectivity index (χ0v) is 9.53. The molecule has 0 rings (SSSR count). The van der Waals surface area contributed by atoms with Gasteiger partial charge in [-0.3, -0.25) is 4.79 Å². The van der Waals surface area contributed by atoms with Crippen LogP contribution in [0.5, 0.6) is 0 Å². The number of unbranched alkanes of at least 4 members (excludes halogenated alkanes) is 1. The molecule has 0 saturated carbocycles. The quantitative estimate of drug-likeness (QED) is 0.537. The first-order valence-corrected chi connectivity index (χ1v) is 5.46. The largest absolute Gasteiger partial charge is 0.411 e. The molecule has 96 valence electrons. The molecule has 0 fully saturated rings. The van der Waals surface area contributed by atoms with Crippen LogP contribution in [0.25, 0.3) is 0 Å². The third-order valence-electron chi connectivity index (χ3n) is 1.62. The number of rotatable bonds is 8. The predicted octanol–water partition coefficient (Wildman–Crippen LogP) is 2.09. The minimum Gasteiger partial charge on any atom is -0.370 e. The number of hydrogen-bond acceptors (Lipinski definition) is 2. The molecule has 7 heteroatoms. The molecule has 0 radical (unpaired) electrons. The van der Waals surface area contributed by atoms with Crippen LogP contribution in [0.3, 0.4) is 0 Å². The van der Waals surface area contributed by atoms with Crippen LogP contribution in [0.4, 0.5) is 13.2 Å². The standard InChI is InChI=1S/C9H15ClF3NO2/c10-4-2-1-3-8(15)14-5-6-16-7-9(11,12)13/h1-7H2,(H,14,15). The van der Waals surface area contributed by atoms with Gasteiger partial charge in [-0.2, -0.15) is 13.2 Å². The number of hydrogen-bond donors (Lipinski definition) is 1. The van der Waals surface area contributed by atoms with Gasteiger partial charge in [0, 0.05) is 18.8 Å². The maximum atomic E-state index is 11.6. The molecule has 0 saturated heterocycles. The van der Waals surface area contributed by atoms with Gasteiger partial charge in [0.05, 0.1) is 6.61 Å². The van der Waals surface area contributed by atoms with E-state index in [1.807, 2.05) is 0 Å². The lowest BCUT2D eigenvalue weighted by atomic mass is 10.2. The van der Waals surface area contributed by atoms with Crippen molar-refractivity contribution in [1.29, 1.82) is 0 Å². The number of ether oxygens (including phenoxy) is 1. The summed E-state index contributed by atoms with van der Waals surface area (Å²) in [7, 11) is 0. The summed E-state index contributed by atoms with van der Waals surface area (Å²) in [6.45, 7) is -1.33. The van der Waals surface area contributed by atoms with E-state index in [1.165, 1.54) is 0 Å². The minimum atomic E-state index is -4.32. The first kappa shape index (κ1) is 15.5. The molecule has 0 unspecified atom stereocenters. The molecular formula is C9H15ClF3NO2. The van der Waals surface area contributed by atoms with Crippen LogP contribution in [-0.2, 0) is 9.53 Å². The highest BCUT2D eigenvalue weighted by Gasteiger charge is 2.27. The van der Waals surface area contributed by atoms with Crippen molar-refractivity contribution in [2.75, 3.05) is 25.6 Å². The SMILES string of the molecule is O=C(CCCCCl)NCCOCC(F)(F)F. The average molecular weight is 262 g/mol. The number of amides is 1. The minimum absolute atomic E-state index is 0.0930. The van der Waals surface area contributed by atoms with Gasteiger partial charge in [-0.15, -0.1) is 11.6 Å². The fraction of sp³-hybridized carbons (Fsp3) is 0.889. The molecule has 1 N–H and O–H groups in total. The molecule has 16 heavy (non-hydrogen) atoms. The van der Waals surface area contributed by atoms with Crippen LogP contribution in [0.1, 0.15) is 19.3 Å². The fourth-order valence-corrected chi connectivity index (χ4v) is 1.11. The molecule has 0 bridgehead atoms. The first-order valence-electron chi connectivity index (χ1n) is 4.93. The number of nitrogens with one attached hydrogen (secondary N) is 1. The molecule has 0 aromatic carbocycles.